The minimum absolute atomic E-state index is 0.579. The molecule has 0 aromatic heterocycles. The Kier molecular flexibility index (Phi) is 5.83. The molecule has 1 unspecified atom stereocenters. The molecule has 0 saturated carbocycles. The van der Waals surface area contributed by atoms with E-state index in [1.54, 1.807) is 0 Å². The van der Waals surface area contributed by atoms with Crippen LogP contribution >= 0.6 is 0 Å². The molecule has 0 amide bonds. The average Bonchev–Trinajstić information content (AvgIpc) is 2.35. The van der Waals surface area contributed by atoms with Gasteiger partial charge < -0.3 is 10.6 Å². The first-order valence-electron chi connectivity index (χ1n) is 6.90. The second-order valence-corrected chi connectivity index (χ2v) is 5.64. The second-order valence-electron chi connectivity index (χ2n) is 5.64. The summed E-state index contributed by atoms with van der Waals surface area (Å²) in [6.45, 7) is 11.8. The third-order valence-corrected chi connectivity index (χ3v) is 3.96. The monoisotopic (exact) mass is 248 g/mol. The Morgan fingerprint density at radius 3 is 2.44 bits per heavy atom. The summed E-state index contributed by atoms with van der Waals surface area (Å²) in [5.74, 6) is 0.579. The fourth-order valence-corrected chi connectivity index (χ4v) is 2.29. The van der Waals surface area contributed by atoms with Gasteiger partial charge in [-0.25, -0.2) is 0 Å². The van der Waals surface area contributed by atoms with Gasteiger partial charge in [0.05, 0.1) is 0 Å². The van der Waals surface area contributed by atoms with E-state index in [9.17, 15) is 0 Å². The number of aryl methyl sites for hydroxylation is 1. The Morgan fingerprint density at radius 2 is 1.83 bits per heavy atom. The van der Waals surface area contributed by atoms with Gasteiger partial charge in [0.15, 0.2) is 0 Å². The summed E-state index contributed by atoms with van der Waals surface area (Å²) >= 11 is 0. The zero-order valence-electron chi connectivity index (χ0n) is 12.6. The van der Waals surface area contributed by atoms with Gasteiger partial charge in [0.1, 0.15) is 0 Å². The Balaban J connectivity index is 2.56. The largest absolute Gasteiger partial charge is 0.330 e. The molecule has 0 spiro atoms. The number of nitrogens with two attached hydrogens (primary N) is 1. The highest BCUT2D eigenvalue weighted by molar-refractivity contribution is 5.38. The summed E-state index contributed by atoms with van der Waals surface area (Å²) in [7, 11) is 2.18. The molecule has 1 aromatic rings. The molecule has 0 aliphatic rings. The van der Waals surface area contributed by atoms with Crippen LogP contribution in [0.15, 0.2) is 12.1 Å². The van der Waals surface area contributed by atoms with Gasteiger partial charge in [-0.3, -0.25) is 0 Å². The maximum atomic E-state index is 5.66. The van der Waals surface area contributed by atoms with E-state index in [2.05, 4.69) is 51.8 Å². The van der Waals surface area contributed by atoms with Crippen molar-refractivity contribution < 1.29 is 0 Å². The van der Waals surface area contributed by atoms with E-state index in [1.165, 1.54) is 22.3 Å². The number of nitrogens with zero attached hydrogens (tertiary/aromatic N) is 1. The van der Waals surface area contributed by atoms with Crippen molar-refractivity contribution in [1.29, 1.82) is 0 Å². The molecular formula is C16H28N2. The van der Waals surface area contributed by atoms with E-state index in [0.717, 1.165) is 26.1 Å². The fourth-order valence-electron chi connectivity index (χ4n) is 2.29. The molecule has 2 heteroatoms. The van der Waals surface area contributed by atoms with Crippen molar-refractivity contribution >= 4 is 0 Å². The van der Waals surface area contributed by atoms with Crippen molar-refractivity contribution in [1.82, 2.24) is 4.90 Å². The lowest BCUT2D eigenvalue weighted by atomic mass is 9.97. The molecule has 18 heavy (non-hydrogen) atoms. The van der Waals surface area contributed by atoms with Crippen molar-refractivity contribution in [2.75, 3.05) is 26.7 Å². The minimum atomic E-state index is 0.579. The molecule has 0 heterocycles. The van der Waals surface area contributed by atoms with Crippen molar-refractivity contribution in [3.05, 3.63) is 34.4 Å². The minimum Gasteiger partial charge on any atom is -0.330 e. The molecule has 1 rings (SSSR count). The molecule has 0 aliphatic heterocycles. The molecule has 0 fully saturated rings. The topological polar surface area (TPSA) is 29.3 Å². The quantitative estimate of drug-likeness (QED) is 0.838. The van der Waals surface area contributed by atoms with E-state index in [0.29, 0.717) is 5.92 Å². The van der Waals surface area contributed by atoms with Crippen LogP contribution in [-0.2, 0) is 6.42 Å². The molecule has 0 radical (unpaired) electrons. The Morgan fingerprint density at radius 1 is 1.17 bits per heavy atom. The van der Waals surface area contributed by atoms with E-state index in [-0.39, 0.29) is 0 Å². The van der Waals surface area contributed by atoms with Crippen LogP contribution in [0.3, 0.4) is 0 Å². The van der Waals surface area contributed by atoms with Gasteiger partial charge in [-0.05, 0) is 69.0 Å². The molecular weight excluding hydrogens is 220 g/mol. The zero-order chi connectivity index (χ0) is 13.7. The molecule has 1 atom stereocenters. The summed E-state index contributed by atoms with van der Waals surface area (Å²) in [5, 5.41) is 0. The maximum Gasteiger partial charge on any atom is 0.00190 e. The van der Waals surface area contributed by atoms with Gasteiger partial charge >= 0.3 is 0 Å². The van der Waals surface area contributed by atoms with Gasteiger partial charge in [0, 0.05) is 13.1 Å². The number of benzene rings is 1. The third-order valence-electron chi connectivity index (χ3n) is 3.96. The number of hydrogen-bond acceptors (Lipinski definition) is 2. The van der Waals surface area contributed by atoms with Crippen LogP contribution in [0.5, 0.6) is 0 Å². The van der Waals surface area contributed by atoms with E-state index in [1.807, 2.05) is 0 Å². The predicted molar refractivity (Wildman–Crippen MR) is 80.1 cm³/mol. The van der Waals surface area contributed by atoms with Gasteiger partial charge in [-0.2, -0.15) is 0 Å². The Hall–Kier alpha value is -0.860. The lowest BCUT2D eigenvalue weighted by Gasteiger charge is -2.21. The first-order valence-corrected chi connectivity index (χ1v) is 6.90. The van der Waals surface area contributed by atoms with Gasteiger partial charge in [-0.15, -0.1) is 0 Å². The lowest BCUT2D eigenvalue weighted by molar-refractivity contribution is 0.292. The zero-order valence-corrected chi connectivity index (χ0v) is 12.6. The van der Waals surface area contributed by atoms with Crippen molar-refractivity contribution in [3.8, 4) is 0 Å². The number of rotatable bonds is 6. The molecule has 2 N–H and O–H groups in total. The summed E-state index contributed by atoms with van der Waals surface area (Å²) in [4.78, 5) is 2.38. The van der Waals surface area contributed by atoms with Crippen LogP contribution in [0.2, 0.25) is 0 Å². The molecule has 0 saturated heterocycles. The highest BCUT2D eigenvalue weighted by Gasteiger charge is 2.07. The summed E-state index contributed by atoms with van der Waals surface area (Å²) in [6.07, 6.45) is 1.13. The van der Waals surface area contributed by atoms with Crippen LogP contribution in [0.25, 0.3) is 0 Å². The van der Waals surface area contributed by atoms with Crippen molar-refractivity contribution in [3.63, 3.8) is 0 Å². The maximum absolute atomic E-state index is 5.66. The highest BCUT2D eigenvalue weighted by atomic mass is 15.1. The van der Waals surface area contributed by atoms with Crippen LogP contribution < -0.4 is 5.73 Å². The second kappa shape index (κ2) is 6.91. The van der Waals surface area contributed by atoms with Crippen LogP contribution in [0.1, 0.15) is 29.2 Å². The fraction of sp³-hybridized carbons (Fsp3) is 0.625. The average molecular weight is 248 g/mol. The molecule has 0 bridgehead atoms. The van der Waals surface area contributed by atoms with Crippen LogP contribution in [0.4, 0.5) is 0 Å². The Bertz CT molecular complexity index is 385. The summed E-state index contributed by atoms with van der Waals surface area (Å²) < 4.78 is 0. The van der Waals surface area contributed by atoms with E-state index in [4.69, 9.17) is 5.73 Å². The summed E-state index contributed by atoms with van der Waals surface area (Å²) in [5.41, 5.74) is 11.4. The number of likely N-dealkylation sites (N-methyl/N-ethyl adjacent to an activating group) is 1. The molecule has 102 valence electrons. The van der Waals surface area contributed by atoms with Gasteiger partial charge in [0.25, 0.3) is 0 Å². The molecule has 2 nitrogen and oxygen atoms in total. The van der Waals surface area contributed by atoms with Gasteiger partial charge in [-0.1, -0.05) is 19.1 Å². The standard InChI is InChI=1S/C16H28N2/c1-12(10-17)11-18(5)9-8-16-7-6-13(2)14(3)15(16)4/h6-7,12H,8-11,17H2,1-5H3. The van der Waals surface area contributed by atoms with Crippen molar-refractivity contribution in [2.45, 2.75) is 34.1 Å². The van der Waals surface area contributed by atoms with Gasteiger partial charge in [0.2, 0.25) is 0 Å². The SMILES string of the molecule is Cc1ccc(CCN(C)CC(C)CN)c(C)c1C. The molecule has 0 aliphatic carbocycles. The lowest BCUT2D eigenvalue weighted by Crippen LogP contribution is -2.30. The predicted octanol–water partition coefficient (Wildman–Crippen LogP) is 2.68. The number of hydrogen-bond donors (Lipinski definition) is 1. The van der Waals surface area contributed by atoms with E-state index >= 15 is 0 Å². The van der Waals surface area contributed by atoms with Crippen LogP contribution in [0, 0.1) is 26.7 Å². The van der Waals surface area contributed by atoms with E-state index < -0.39 is 0 Å². The van der Waals surface area contributed by atoms with Crippen molar-refractivity contribution in [2.24, 2.45) is 11.7 Å². The first-order chi connectivity index (χ1) is 8.45. The highest BCUT2D eigenvalue weighted by Crippen LogP contribution is 2.17. The third kappa shape index (κ3) is 4.11. The first kappa shape index (κ1) is 15.2. The summed E-state index contributed by atoms with van der Waals surface area (Å²) in [6, 6.07) is 4.51. The Labute approximate surface area is 112 Å². The smallest absolute Gasteiger partial charge is 0.00190 e. The normalized spacial score (nSPS) is 13.1. The molecule has 1 aromatic carbocycles. The van der Waals surface area contributed by atoms with Crippen LogP contribution in [-0.4, -0.2) is 31.6 Å².